The van der Waals surface area contributed by atoms with Crippen LogP contribution in [0.5, 0.6) is 0 Å². The van der Waals surface area contributed by atoms with E-state index >= 15 is 0 Å². The molecule has 2 heterocycles. The molecule has 0 saturated carbocycles. The molecule has 3 nitrogen and oxygen atoms in total. The van der Waals surface area contributed by atoms with Crippen LogP contribution in [-0.2, 0) is 13.0 Å². The maximum atomic E-state index is 9.51. The van der Waals surface area contributed by atoms with Gasteiger partial charge in [0.25, 0.3) is 0 Å². The summed E-state index contributed by atoms with van der Waals surface area (Å²) in [5.41, 5.74) is 4.56. The lowest BCUT2D eigenvalue weighted by Gasteiger charge is -2.35. The van der Waals surface area contributed by atoms with Gasteiger partial charge >= 0.3 is 0 Å². The molecule has 3 heteroatoms. The summed E-state index contributed by atoms with van der Waals surface area (Å²) in [5.74, 6) is 0.599. The molecule has 0 aliphatic carbocycles. The van der Waals surface area contributed by atoms with Gasteiger partial charge in [0.05, 0.1) is 18.5 Å². The van der Waals surface area contributed by atoms with Crippen LogP contribution in [0, 0.1) is 5.92 Å². The molecular weight excluding hydrogens is 236 g/mol. The molecule has 0 bridgehead atoms. The van der Waals surface area contributed by atoms with Gasteiger partial charge in [0, 0.05) is 24.0 Å². The molecule has 0 spiro atoms. The molecule has 0 fully saturated rings. The fraction of sp³-hybridized carbons (Fsp3) is 0.312. The van der Waals surface area contributed by atoms with Gasteiger partial charge in [-0.2, -0.15) is 0 Å². The van der Waals surface area contributed by atoms with E-state index in [1.54, 1.807) is 6.20 Å². The molecule has 3 rings (SSSR count). The normalized spacial score (nSPS) is 18.2. The minimum atomic E-state index is 0.0465. The summed E-state index contributed by atoms with van der Waals surface area (Å²) in [6.45, 7) is 3.28. The Bertz CT molecular complexity index is 582. The number of anilines is 2. The maximum Gasteiger partial charge on any atom is 0.0703 e. The SMILES string of the molecule is CC1Cc2ccccc2N(c2cnccc2CO)C1. The van der Waals surface area contributed by atoms with Crippen molar-refractivity contribution in [3.8, 4) is 0 Å². The second-order valence-electron chi connectivity index (χ2n) is 5.21. The van der Waals surface area contributed by atoms with Crippen molar-refractivity contribution in [3.05, 3.63) is 53.9 Å². The minimum Gasteiger partial charge on any atom is -0.392 e. The van der Waals surface area contributed by atoms with Gasteiger partial charge in [0.2, 0.25) is 0 Å². The Labute approximate surface area is 113 Å². The third kappa shape index (κ3) is 2.22. The van der Waals surface area contributed by atoms with Gasteiger partial charge in [-0.1, -0.05) is 25.1 Å². The first-order chi connectivity index (χ1) is 9.29. The van der Waals surface area contributed by atoms with Crippen molar-refractivity contribution in [2.24, 2.45) is 5.92 Å². The first-order valence-electron chi connectivity index (χ1n) is 6.69. The molecule has 19 heavy (non-hydrogen) atoms. The number of aromatic nitrogens is 1. The molecule has 0 radical (unpaired) electrons. The van der Waals surface area contributed by atoms with Crippen molar-refractivity contribution in [1.82, 2.24) is 4.98 Å². The van der Waals surface area contributed by atoms with Crippen molar-refractivity contribution in [2.75, 3.05) is 11.4 Å². The Morgan fingerprint density at radius 1 is 1.26 bits per heavy atom. The standard InChI is InChI=1S/C16H18N2O/c1-12-8-13-4-2-3-5-15(13)18(10-12)16-9-17-7-6-14(16)11-19/h2-7,9,12,19H,8,10-11H2,1H3. The number of para-hydroxylation sites is 1. The second kappa shape index (κ2) is 5.02. The Hall–Kier alpha value is -1.87. The summed E-state index contributed by atoms with van der Waals surface area (Å²) in [7, 11) is 0. The molecule has 1 aromatic heterocycles. The fourth-order valence-corrected chi connectivity index (χ4v) is 2.82. The van der Waals surface area contributed by atoms with E-state index in [0.29, 0.717) is 5.92 Å². The lowest BCUT2D eigenvalue weighted by molar-refractivity contribution is 0.282. The van der Waals surface area contributed by atoms with E-state index in [9.17, 15) is 5.11 Å². The summed E-state index contributed by atoms with van der Waals surface area (Å²) in [6.07, 6.45) is 4.69. The highest BCUT2D eigenvalue weighted by molar-refractivity contribution is 5.69. The first-order valence-corrected chi connectivity index (χ1v) is 6.69. The zero-order valence-electron chi connectivity index (χ0n) is 11.1. The van der Waals surface area contributed by atoms with E-state index in [1.807, 2.05) is 12.3 Å². The van der Waals surface area contributed by atoms with Crippen molar-refractivity contribution < 1.29 is 5.11 Å². The summed E-state index contributed by atoms with van der Waals surface area (Å²) in [6, 6.07) is 10.4. The monoisotopic (exact) mass is 254 g/mol. The third-order valence-corrected chi connectivity index (χ3v) is 3.69. The van der Waals surface area contributed by atoms with Crippen LogP contribution in [0.15, 0.2) is 42.7 Å². The summed E-state index contributed by atoms with van der Waals surface area (Å²) in [5, 5.41) is 9.51. The first kappa shape index (κ1) is 12.2. The van der Waals surface area contributed by atoms with E-state index in [4.69, 9.17) is 0 Å². The van der Waals surface area contributed by atoms with Gasteiger partial charge in [0.1, 0.15) is 0 Å². The minimum absolute atomic E-state index is 0.0465. The third-order valence-electron chi connectivity index (χ3n) is 3.69. The predicted molar refractivity (Wildman–Crippen MR) is 76.5 cm³/mol. The van der Waals surface area contributed by atoms with Crippen molar-refractivity contribution >= 4 is 11.4 Å². The van der Waals surface area contributed by atoms with Gasteiger partial charge in [0.15, 0.2) is 0 Å². The van der Waals surface area contributed by atoms with Crippen LogP contribution in [0.3, 0.4) is 0 Å². The smallest absolute Gasteiger partial charge is 0.0703 e. The summed E-state index contributed by atoms with van der Waals surface area (Å²) < 4.78 is 0. The Kier molecular flexibility index (Phi) is 3.22. The van der Waals surface area contributed by atoms with Crippen molar-refractivity contribution in [1.29, 1.82) is 0 Å². The molecule has 1 aliphatic heterocycles. The Morgan fingerprint density at radius 2 is 2.11 bits per heavy atom. The molecule has 98 valence electrons. The summed E-state index contributed by atoms with van der Waals surface area (Å²) >= 11 is 0. The number of benzene rings is 1. The largest absolute Gasteiger partial charge is 0.392 e. The highest BCUT2D eigenvalue weighted by atomic mass is 16.3. The lowest BCUT2D eigenvalue weighted by atomic mass is 9.93. The maximum absolute atomic E-state index is 9.51. The quantitative estimate of drug-likeness (QED) is 0.895. The molecule has 1 aliphatic rings. The van der Waals surface area contributed by atoms with Crippen LogP contribution in [0.25, 0.3) is 0 Å². The van der Waals surface area contributed by atoms with Crippen LogP contribution >= 0.6 is 0 Å². The van der Waals surface area contributed by atoms with Crippen LogP contribution in [0.4, 0.5) is 11.4 Å². The van der Waals surface area contributed by atoms with Gasteiger partial charge < -0.3 is 10.0 Å². The number of pyridine rings is 1. The van der Waals surface area contributed by atoms with E-state index < -0.39 is 0 Å². The van der Waals surface area contributed by atoms with Gasteiger partial charge in [-0.25, -0.2) is 0 Å². The predicted octanol–water partition coefficient (Wildman–Crippen LogP) is 2.90. The molecule has 0 amide bonds. The van der Waals surface area contributed by atoms with Crippen molar-refractivity contribution in [3.63, 3.8) is 0 Å². The number of aliphatic hydroxyl groups is 1. The molecule has 0 saturated heterocycles. The van der Waals surface area contributed by atoms with Crippen LogP contribution < -0.4 is 4.90 Å². The molecular formula is C16H18N2O. The number of fused-ring (bicyclic) bond motifs is 1. The van der Waals surface area contributed by atoms with E-state index in [2.05, 4.69) is 41.1 Å². The topological polar surface area (TPSA) is 36.4 Å². The van der Waals surface area contributed by atoms with Gasteiger partial charge in [-0.3, -0.25) is 4.98 Å². The molecule has 1 unspecified atom stereocenters. The summed E-state index contributed by atoms with van der Waals surface area (Å²) in [4.78, 5) is 6.49. The molecule has 1 N–H and O–H groups in total. The van der Waals surface area contributed by atoms with Crippen LogP contribution in [0.1, 0.15) is 18.1 Å². The molecule has 1 atom stereocenters. The second-order valence-corrected chi connectivity index (χ2v) is 5.21. The van der Waals surface area contributed by atoms with Gasteiger partial charge in [-0.15, -0.1) is 0 Å². The zero-order valence-corrected chi connectivity index (χ0v) is 11.1. The Balaban J connectivity index is 2.10. The van der Waals surface area contributed by atoms with E-state index in [1.165, 1.54) is 11.3 Å². The number of rotatable bonds is 2. The van der Waals surface area contributed by atoms with Crippen LogP contribution in [-0.4, -0.2) is 16.6 Å². The highest BCUT2D eigenvalue weighted by Gasteiger charge is 2.23. The highest BCUT2D eigenvalue weighted by Crippen LogP contribution is 2.36. The number of aliphatic hydroxyl groups excluding tert-OH is 1. The van der Waals surface area contributed by atoms with Crippen molar-refractivity contribution in [2.45, 2.75) is 20.0 Å². The molecule has 1 aromatic carbocycles. The van der Waals surface area contributed by atoms with E-state index in [0.717, 1.165) is 24.2 Å². The lowest BCUT2D eigenvalue weighted by Crippen LogP contribution is -2.31. The average Bonchev–Trinajstić information content (AvgIpc) is 2.46. The number of nitrogens with zero attached hydrogens (tertiary/aromatic N) is 2. The zero-order chi connectivity index (χ0) is 13.2. The van der Waals surface area contributed by atoms with E-state index in [-0.39, 0.29) is 6.61 Å². The van der Waals surface area contributed by atoms with Gasteiger partial charge in [-0.05, 0) is 30.0 Å². The Morgan fingerprint density at radius 3 is 2.95 bits per heavy atom. The van der Waals surface area contributed by atoms with Crippen LogP contribution in [0.2, 0.25) is 0 Å². The number of hydrogen-bond acceptors (Lipinski definition) is 3. The average molecular weight is 254 g/mol. The fourth-order valence-electron chi connectivity index (χ4n) is 2.82. The molecule has 2 aromatic rings. The number of hydrogen-bond donors (Lipinski definition) is 1.